The van der Waals surface area contributed by atoms with Gasteiger partial charge in [-0.2, -0.15) is 9.49 Å². The Morgan fingerprint density at radius 3 is 2.68 bits per heavy atom. The van der Waals surface area contributed by atoms with Crippen molar-refractivity contribution in [3.63, 3.8) is 0 Å². The number of imidazole rings is 1. The van der Waals surface area contributed by atoms with Crippen molar-refractivity contribution in [3.8, 4) is 33.3 Å². The molecule has 3 N–H and O–H groups in total. The van der Waals surface area contributed by atoms with Gasteiger partial charge in [0, 0.05) is 23.9 Å². The molecule has 0 fully saturated rings. The minimum Gasteiger partial charge on any atom is -0.336 e. The summed E-state index contributed by atoms with van der Waals surface area (Å²) in [5.74, 6) is -0.695. The van der Waals surface area contributed by atoms with Crippen LogP contribution in [-0.4, -0.2) is 41.0 Å². The van der Waals surface area contributed by atoms with Crippen LogP contribution in [0.4, 0.5) is 14.5 Å². The van der Waals surface area contributed by atoms with Crippen molar-refractivity contribution >= 4 is 44.9 Å². The molecule has 0 spiro atoms. The molecule has 0 unspecified atom stereocenters. The van der Waals surface area contributed by atoms with Gasteiger partial charge in [-0.25, -0.2) is 9.37 Å². The summed E-state index contributed by atoms with van der Waals surface area (Å²) in [4.78, 5) is 33.3. The number of carbonyl (C=O) groups excluding carboxylic acids is 1. The maximum absolute atomic E-state index is 15.9. The normalized spacial score (nSPS) is 11.6. The van der Waals surface area contributed by atoms with Gasteiger partial charge in [-0.3, -0.25) is 24.8 Å². The molecule has 0 radical (unpaired) electrons. The first-order valence-corrected chi connectivity index (χ1v) is 12.1. The minimum absolute atomic E-state index is 0.0517. The van der Waals surface area contributed by atoms with Crippen molar-refractivity contribution in [1.29, 1.82) is 0 Å². The lowest BCUT2D eigenvalue weighted by molar-refractivity contribution is -0.118. The van der Waals surface area contributed by atoms with E-state index in [2.05, 4.69) is 40.4 Å². The zero-order valence-electron chi connectivity index (χ0n) is 19.5. The van der Waals surface area contributed by atoms with Crippen LogP contribution in [0.25, 0.3) is 55.3 Å². The Morgan fingerprint density at radius 2 is 1.89 bits per heavy atom. The van der Waals surface area contributed by atoms with E-state index in [4.69, 9.17) is 0 Å². The summed E-state index contributed by atoms with van der Waals surface area (Å²) in [5, 5.41) is 9.72. The summed E-state index contributed by atoms with van der Waals surface area (Å²) in [6, 6.07) is 6.37. The van der Waals surface area contributed by atoms with Gasteiger partial charge in [-0.1, -0.05) is 13.8 Å². The summed E-state index contributed by atoms with van der Waals surface area (Å²) >= 11 is 0.968. The zero-order chi connectivity index (χ0) is 25.7. The van der Waals surface area contributed by atoms with Crippen LogP contribution in [0.5, 0.6) is 0 Å². The van der Waals surface area contributed by atoms with Crippen LogP contribution >= 0.6 is 11.3 Å². The lowest BCUT2D eigenvalue weighted by Crippen LogP contribution is -2.17. The van der Waals surface area contributed by atoms with Gasteiger partial charge in [0.15, 0.2) is 16.8 Å². The molecule has 184 valence electrons. The van der Waals surface area contributed by atoms with E-state index in [1.807, 2.05) is 0 Å². The first-order chi connectivity index (χ1) is 17.9. The topological polar surface area (TPSA) is 125 Å². The summed E-state index contributed by atoms with van der Waals surface area (Å²) in [6.07, 6.45) is 6.04. The number of hydrogen-bond donors (Lipinski definition) is 3. The van der Waals surface area contributed by atoms with Crippen molar-refractivity contribution < 1.29 is 13.6 Å². The van der Waals surface area contributed by atoms with Gasteiger partial charge in [0.2, 0.25) is 5.91 Å². The highest BCUT2D eigenvalue weighted by molar-refractivity contribution is 7.13. The molecule has 6 rings (SSSR count). The van der Waals surface area contributed by atoms with E-state index in [1.165, 1.54) is 24.7 Å². The Labute approximate surface area is 212 Å². The van der Waals surface area contributed by atoms with E-state index < -0.39 is 5.82 Å². The van der Waals surface area contributed by atoms with Crippen LogP contribution in [0.1, 0.15) is 13.8 Å². The quantitative estimate of drug-likeness (QED) is 0.276. The minimum atomic E-state index is -0.616. The summed E-state index contributed by atoms with van der Waals surface area (Å²) < 4.78 is 29.6. The highest BCUT2D eigenvalue weighted by atomic mass is 32.1. The summed E-state index contributed by atoms with van der Waals surface area (Å²) in [5.41, 5.74) is 3.20. The molecule has 0 saturated heterocycles. The van der Waals surface area contributed by atoms with Crippen molar-refractivity contribution in [1.82, 2.24) is 35.1 Å². The zero-order valence-corrected chi connectivity index (χ0v) is 20.3. The standard InChI is InChI=1S/C25H18F2N8OS/c1-11(2)25(36)31-13-7-12(8-28-9-13)20-19(27)18-15(10-30-20)34-35-23(18)24-32-14-5-6-29-22(21(14)33-24)16-3-4-17(26)37-16/h3-11H,1-2H3,(H,31,36)(H,32,33)(H,34,35). The lowest BCUT2D eigenvalue weighted by Gasteiger charge is -2.09. The van der Waals surface area contributed by atoms with Crippen LogP contribution in [0, 0.1) is 16.9 Å². The number of carbonyl (C=O) groups is 1. The van der Waals surface area contributed by atoms with E-state index in [9.17, 15) is 9.18 Å². The van der Waals surface area contributed by atoms with Crippen LogP contribution < -0.4 is 5.32 Å². The van der Waals surface area contributed by atoms with Gasteiger partial charge in [-0.15, -0.1) is 11.3 Å². The molecule has 6 heterocycles. The smallest absolute Gasteiger partial charge is 0.226 e. The number of aromatic amines is 2. The number of fused-ring (bicyclic) bond motifs is 2. The fourth-order valence-corrected chi connectivity index (χ4v) is 4.67. The Balaban J connectivity index is 1.45. The molecule has 0 aromatic carbocycles. The first-order valence-electron chi connectivity index (χ1n) is 11.3. The number of amides is 1. The van der Waals surface area contributed by atoms with E-state index in [1.54, 1.807) is 38.2 Å². The first kappa shape index (κ1) is 22.9. The van der Waals surface area contributed by atoms with Gasteiger partial charge >= 0.3 is 0 Å². The molecule has 0 saturated carbocycles. The van der Waals surface area contributed by atoms with Gasteiger partial charge in [0.05, 0.1) is 39.4 Å². The fourth-order valence-electron chi connectivity index (χ4n) is 3.94. The molecule has 0 aliphatic heterocycles. The molecular formula is C25H18F2N8OS. The highest BCUT2D eigenvalue weighted by Crippen LogP contribution is 2.35. The third-order valence-electron chi connectivity index (χ3n) is 5.78. The molecule has 0 atom stereocenters. The molecule has 0 aliphatic carbocycles. The van der Waals surface area contributed by atoms with E-state index in [0.717, 1.165) is 11.3 Å². The third-order valence-corrected chi connectivity index (χ3v) is 6.66. The number of nitrogens with one attached hydrogen (secondary N) is 3. The second-order valence-electron chi connectivity index (χ2n) is 8.63. The molecular weight excluding hydrogens is 498 g/mol. The van der Waals surface area contributed by atoms with Gasteiger partial charge < -0.3 is 10.3 Å². The maximum Gasteiger partial charge on any atom is 0.226 e. The Bertz CT molecular complexity index is 1810. The van der Waals surface area contributed by atoms with Crippen LogP contribution in [0.2, 0.25) is 0 Å². The van der Waals surface area contributed by atoms with E-state index in [0.29, 0.717) is 44.2 Å². The Hall–Kier alpha value is -4.58. The van der Waals surface area contributed by atoms with Crippen molar-refractivity contribution in [2.45, 2.75) is 13.8 Å². The molecule has 0 bridgehead atoms. The van der Waals surface area contributed by atoms with Crippen molar-refractivity contribution in [2.24, 2.45) is 5.92 Å². The second-order valence-corrected chi connectivity index (χ2v) is 9.67. The molecule has 1 amide bonds. The number of anilines is 1. The van der Waals surface area contributed by atoms with Crippen LogP contribution in [0.15, 0.2) is 49.1 Å². The van der Waals surface area contributed by atoms with Crippen LogP contribution in [0.3, 0.4) is 0 Å². The van der Waals surface area contributed by atoms with Gasteiger partial charge in [0.1, 0.15) is 22.6 Å². The van der Waals surface area contributed by atoms with E-state index >= 15 is 4.39 Å². The average Bonchev–Trinajstić information content (AvgIpc) is 3.62. The number of thiophene rings is 1. The molecule has 9 nitrogen and oxygen atoms in total. The van der Waals surface area contributed by atoms with Crippen molar-refractivity contribution in [3.05, 3.63) is 60.0 Å². The Morgan fingerprint density at radius 1 is 1.03 bits per heavy atom. The van der Waals surface area contributed by atoms with Gasteiger partial charge in [0.25, 0.3) is 0 Å². The van der Waals surface area contributed by atoms with Gasteiger partial charge in [-0.05, 0) is 24.3 Å². The third kappa shape index (κ3) is 4.00. The van der Waals surface area contributed by atoms with E-state index in [-0.39, 0.29) is 33.7 Å². The molecule has 37 heavy (non-hydrogen) atoms. The van der Waals surface area contributed by atoms with Crippen LogP contribution in [-0.2, 0) is 4.79 Å². The monoisotopic (exact) mass is 516 g/mol. The fraction of sp³-hybridized carbons (Fsp3) is 0.120. The predicted octanol–water partition coefficient (Wildman–Crippen LogP) is 5.56. The molecule has 12 heteroatoms. The number of halogens is 2. The number of rotatable bonds is 5. The number of aromatic nitrogens is 7. The van der Waals surface area contributed by atoms with Crippen molar-refractivity contribution in [2.75, 3.05) is 5.32 Å². The predicted molar refractivity (Wildman–Crippen MR) is 137 cm³/mol. The lowest BCUT2D eigenvalue weighted by atomic mass is 10.1. The largest absolute Gasteiger partial charge is 0.336 e. The Kier molecular flexibility index (Phi) is 5.45. The number of pyridine rings is 3. The summed E-state index contributed by atoms with van der Waals surface area (Å²) in [6.45, 7) is 3.55. The second kappa shape index (κ2) is 8.82. The SMILES string of the molecule is CC(C)C(=O)Nc1cncc(-c2ncc3[nH]nc(-c4nc5c(-c6ccc(F)s6)nccc5[nH]4)c3c2F)c1. The summed E-state index contributed by atoms with van der Waals surface area (Å²) in [7, 11) is 0. The number of nitrogens with zero attached hydrogens (tertiary/aromatic N) is 5. The number of H-pyrrole nitrogens is 2. The molecule has 6 aromatic rings. The molecule has 6 aromatic heterocycles. The average molecular weight is 517 g/mol. The highest BCUT2D eigenvalue weighted by Gasteiger charge is 2.22. The number of hydrogen-bond acceptors (Lipinski definition) is 7. The maximum atomic E-state index is 15.9. The molecule has 0 aliphatic rings.